The zero-order valence-electron chi connectivity index (χ0n) is 15.7. The summed E-state index contributed by atoms with van der Waals surface area (Å²) in [4.78, 5) is 16.3. The van der Waals surface area contributed by atoms with E-state index in [0.717, 1.165) is 34.3 Å². The van der Waals surface area contributed by atoms with E-state index in [9.17, 15) is 18.0 Å². The summed E-state index contributed by atoms with van der Waals surface area (Å²) in [5.41, 5.74) is 2.44. The van der Waals surface area contributed by atoms with Crippen LogP contribution in [0.3, 0.4) is 0 Å². The van der Waals surface area contributed by atoms with Crippen molar-refractivity contribution in [3.8, 4) is 11.1 Å². The van der Waals surface area contributed by atoms with Gasteiger partial charge in [0.05, 0.1) is 6.20 Å². The predicted octanol–water partition coefficient (Wildman–Crippen LogP) is 4.42. The van der Waals surface area contributed by atoms with Crippen LogP contribution in [0.5, 0.6) is 0 Å². The first-order valence-corrected chi connectivity index (χ1v) is 8.86. The lowest BCUT2D eigenvalue weighted by atomic mass is 10.00. The molecule has 5 nitrogen and oxygen atoms in total. The van der Waals surface area contributed by atoms with Crippen LogP contribution in [0.25, 0.3) is 22.0 Å². The average molecular weight is 398 g/mol. The van der Waals surface area contributed by atoms with Gasteiger partial charge in [0.2, 0.25) is 0 Å². The molecule has 0 N–H and O–H groups in total. The number of halogens is 3. The van der Waals surface area contributed by atoms with Crippen LogP contribution < -0.4 is 0 Å². The van der Waals surface area contributed by atoms with Gasteiger partial charge in [-0.25, -0.2) is 0 Å². The molecule has 0 bridgehead atoms. The van der Waals surface area contributed by atoms with Crippen LogP contribution in [0.2, 0.25) is 0 Å². The van der Waals surface area contributed by atoms with Crippen LogP contribution in [-0.2, 0) is 26.7 Å². The van der Waals surface area contributed by atoms with E-state index in [1.807, 2.05) is 43.1 Å². The molecule has 3 heterocycles. The molecular formula is C21H17F3N4O. The van der Waals surface area contributed by atoms with Crippen molar-refractivity contribution in [1.82, 2.24) is 19.3 Å². The number of aryl methyl sites for hydroxylation is 2. The van der Waals surface area contributed by atoms with Crippen molar-refractivity contribution in [1.29, 1.82) is 0 Å². The van der Waals surface area contributed by atoms with Crippen molar-refractivity contribution in [3.05, 3.63) is 71.9 Å². The SMILES string of the molecule is Cn1cc(-c2ccc3c(c2)c(C(=O)Cc2ccnc(C(F)(F)F)c2)cn3C)cn1. The molecule has 29 heavy (non-hydrogen) atoms. The Balaban J connectivity index is 1.71. The minimum Gasteiger partial charge on any atom is -0.350 e. The summed E-state index contributed by atoms with van der Waals surface area (Å²) in [6.45, 7) is 0. The predicted molar refractivity (Wildman–Crippen MR) is 102 cm³/mol. The van der Waals surface area contributed by atoms with Gasteiger partial charge in [-0.15, -0.1) is 0 Å². The molecule has 148 valence electrons. The molecule has 0 aliphatic carbocycles. The quantitative estimate of drug-likeness (QED) is 0.478. The molecule has 0 saturated carbocycles. The van der Waals surface area contributed by atoms with Crippen LogP contribution in [0.1, 0.15) is 21.6 Å². The van der Waals surface area contributed by atoms with Gasteiger partial charge in [0.1, 0.15) is 5.69 Å². The smallest absolute Gasteiger partial charge is 0.350 e. The molecule has 1 aromatic carbocycles. The molecule has 3 aromatic heterocycles. The molecule has 0 unspecified atom stereocenters. The molecule has 0 saturated heterocycles. The van der Waals surface area contributed by atoms with Gasteiger partial charge in [-0.1, -0.05) is 6.07 Å². The van der Waals surface area contributed by atoms with Crippen LogP contribution in [0.4, 0.5) is 13.2 Å². The Bertz CT molecular complexity index is 1220. The Hall–Kier alpha value is -3.42. The first kappa shape index (κ1) is 18.9. The zero-order chi connectivity index (χ0) is 20.8. The molecule has 8 heteroatoms. The molecule has 4 aromatic rings. The van der Waals surface area contributed by atoms with Crippen LogP contribution in [0.15, 0.2) is 55.1 Å². The van der Waals surface area contributed by atoms with Crippen LogP contribution in [-0.4, -0.2) is 25.1 Å². The number of carbonyl (C=O) groups excluding carboxylic acids is 1. The number of aromatic nitrogens is 4. The zero-order valence-corrected chi connectivity index (χ0v) is 15.7. The van der Waals surface area contributed by atoms with E-state index in [-0.39, 0.29) is 17.8 Å². The summed E-state index contributed by atoms with van der Waals surface area (Å²) in [6, 6.07) is 8.13. The Morgan fingerprint density at radius 2 is 1.86 bits per heavy atom. The van der Waals surface area contributed by atoms with Gasteiger partial charge in [-0.2, -0.15) is 18.3 Å². The third-order valence-corrected chi connectivity index (χ3v) is 4.81. The fourth-order valence-corrected chi connectivity index (χ4v) is 3.38. The van der Waals surface area contributed by atoms with Crippen molar-refractivity contribution in [2.45, 2.75) is 12.6 Å². The number of alkyl halides is 3. The maximum absolute atomic E-state index is 12.9. The Morgan fingerprint density at radius 1 is 1.07 bits per heavy atom. The number of fused-ring (bicyclic) bond motifs is 1. The summed E-state index contributed by atoms with van der Waals surface area (Å²) in [5.74, 6) is -0.252. The van der Waals surface area contributed by atoms with Crippen molar-refractivity contribution in [2.24, 2.45) is 14.1 Å². The average Bonchev–Trinajstić information content (AvgIpc) is 3.25. The van der Waals surface area contributed by atoms with E-state index in [0.29, 0.717) is 5.56 Å². The van der Waals surface area contributed by atoms with Gasteiger partial charge in [-0.3, -0.25) is 14.5 Å². The second-order valence-electron chi connectivity index (χ2n) is 6.94. The van der Waals surface area contributed by atoms with Gasteiger partial charge in [0.15, 0.2) is 5.78 Å². The molecular weight excluding hydrogens is 381 g/mol. The minimum absolute atomic E-state index is 0.137. The fourth-order valence-electron chi connectivity index (χ4n) is 3.38. The highest BCUT2D eigenvalue weighted by Crippen LogP contribution is 2.30. The highest BCUT2D eigenvalue weighted by molar-refractivity contribution is 6.09. The molecule has 0 amide bonds. The van der Waals surface area contributed by atoms with Gasteiger partial charge in [0.25, 0.3) is 0 Å². The second kappa shape index (κ2) is 6.88. The molecule has 0 fully saturated rings. The number of hydrogen-bond donors (Lipinski definition) is 0. The molecule has 0 atom stereocenters. The molecule has 0 aliphatic heterocycles. The van der Waals surface area contributed by atoms with E-state index >= 15 is 0 Å². The van der Waals surface area contributed by atoms with Crippen molar-refractivity contribution in [3.63, 3.8) is 0 Å². The highest BCUT2D eigenvalue weighted by Gasteiger charge is 2.32. The molecule has 4 rings (SSSR count). The van der Waals surface area contributed by atoms with E-state index in [1.165, 1.54) is 6.07 Å². The number of nitrogens with zero attached hydrogens (tertiary/aromatic N) is 4. The number of pyridine rings is 1. The third-order valence-electron chi connectivity index (χ3n) is 4.81. The maximum Gasteiger partial charge on any atom is 0.433 e. The van der Waals surface area contributed by atoms with Crippen LogP contribution >= 0.6 is 0 Å². The largest absolute Gasteiger partial charge is 0.433 e. The number of ketones is 1. The standard InChI is InChI=1S/C21H17F3N4O/c1-27-12-17(19(29)7-13-5-6-25-20(8-13)21(22,23)24)16-9-14(3-4-18(16)27)15-10-26-28(2)11-15/h3-6,8-12H,7H2,1-2H3. The minimum atomic E-state index is -4.54. The van der Waals surface area contributed by atoms with Crippen LogP contribution in [0, 0.1) is 0 Å². The summed E-state index contributed by atoms with van der Waals surface area (Å²) < 4.78 is 42.2. The molecule has 0 spiro atoms. The maximum atomic E-state index is 12.9. The van der Waals surface area contributed by atoms with Crippen molar-refractivity contribution >= 4 is 16.7 Å². The van der Waals surface area contributed by atoms with E-state index in [4.69, 9.17) is 0 Å². The lowest BCUT2D eigenvalue weighted by Crippen LogP contribution is -2.10. The fraction of sp³-hybridized carbons (Fsp3) is 0.190. The summed E-state index contributed by atoms with van der Waals surface area (Å²) in [7, 11) is 3.65. The van der Waals surface area contributed by atoms with Gasteiger partial charge >= 0.3 is 6.18 Å². The van der Waals surface area contributed by atoms with Gasteiger partial charge in [0, 0.05) is 61.1 Å². The van der Waals surface area contributed by atoms with E-state index in [2.05, 4.69) is 10.1 Å². The van der Waals surface area contributed by atoms with Gasteiger partial charge in [-0.05, 0) is 35.4 Å². The lowest BCUT2D eigenvalue weighted by Gasteiger charge is -2.07. The first-order valence-electron chi connectivity index (χ1n) is 8.86. The van der Waals surface area contributed by atoms with Crippen molar-refractivity contribution in [2.75, 3.05) is 0 Å². The summed E-state index contributed by atoms with van der Waals surface area (Å²) in [6.07, 6.45) is 1.72. The second-order valence-corrected chi connectivity index (χ2v) is 6.94. The topological polar surface area (TPSA) is 52.7 Å². The lowest BCUT2D eigenvalue weighted by molar-refractivity contribution is -0.141. The van der Waals surface area contributed by atoms with E-state index in [1.54, 1.807) is 17.1 Å². The van der Waals surface area contributed by atoms with Crippen molar-refractivity contribution < 1.29 is 18.0 Å². The number of Topliss-reactive ketones (excluding diaryl/α,β-unsaturated/α-hetero) is 1. The Labute approximate surface area is 164 Å². The first-order chi connectivity index (χ1) is 13.7. The summed E-state index contributed by atoms with van der Waals surface area (Å²) in [5, 5.41) is 4.92. The number of benzene rings is 1. The Kier molecular flexibility index (Phi) is 4.49. The van der Waals surface area contributed by atoms with E-state index < -0.39 is 11.9 Å². The highest BCUT2D eigenvalue weighted by atomic mass is 19.4. The molecule has 0 radical (unpaired) electrons. The summed E-state index contributed by atoms with van der Waals surface area (Å²) >= 11 is 0. The molecule has 0 aliphatic rings. The Morgan fingerprint density at radius 3 is 2.55 bits per heavy atom. The normalized spacial score (nSPS) is 11.9. The number of hydrogen-bond acceptors (Lipinski definition) is 3. The third kappa shape index (κ3) is 3.65. The number of rotatable bonds is 4. The van der Waals surface area contributed by atoms with Gasteiger partial charge < -0.3 is 4.57 Å². The monoisotopic (exact) mass is 398 g/mol. The number of carbonyl (C=O) groups is 1.